The van der Waals surface area contributed by atoms with Crippen LogP contribution in [0.25, 0.3) is 0 Å². The molecule has 0 spiro atoms. The first kappa shape index (κ1) is 13.8. The molecule has 1 atom stereocenters. The highest BCUT2D eigenvalue weighted by molar-refractivity contribution is 4.79. The van der Waals surface area contributed by atoms with Crippen molar-refractivity contribution >= 4 is 0 Å². The first-order valence-corrected chi connectivity index (χ1v) is 6.04. The van der Waals surface area contributed by atoms with E-state index in [0.29, 0.717) is 0 Å². The Labute approximate surface area is 95.2 Å². The van der Waals surface area contributed by atoms with Crippen molar-refractivity contribution in [3.05, 3.63) is 0 Å². The Kier molecular flexibility index (Phi) is 5.55. The molecule has 0 amide bonds. The molecule has 1 unspecified atom stereocenters. The number of hydrogen-bond acceptors (Lipinski definition) is 2. The van der Waals surface area contributed by atoms with E-state index in [-0.39, 0.29) is 12.6 Å². The first-order valence-electron chi connectivity index (χ1n) is 6.04. The van der Waals surface area contributed by atoms with Crippen LogP contribution in [0.2, 0.25) is 0 Å². The molecule has 1 aliphatic rings. The van der Waals surface area contributed by atoms with E-state index < -0.39 is 12.6 Å². The van der Waals surface area contributed by atoms with Crippen LogP contribution >= 0.6 is 0 Å². The standard InChI is InChI=1S/C11H21F3N2/c1-2-15-9-10-5-3-4-7-16(10)8-6-11(12,13)14/h10,15H,2-9H2,1H3. The zero-order valence-corrected chi connectivity index (χ0v) is 9.82. The van der Waals surface area contributed by atoms with Crippen LogP contribution < -0.4 is 5.32 Å². The molecule has 5 heteroatoms. The quantitative estimate of drug-likeness (QED) is 0.791. The maximum Gasteiger partial charge on any atom is 0.390 e. The summed E-state index contributed by atoms with van der Waals surface area (Å²) in [6, 6.07) is 0.288. The van der Waals surface area contributed by atoms with Gasteiger partial charge in [-0.15, -0.1) is 0 Å². The summed E-state index contributed by atoms with van der Waals surface area (Å²) in [6.07, 6.45) is -1.53. The SMILES string of the molecule is CCNCC1CCCCN1CCC(F)(F)F. The Morgan fingerprint density at radius 1 is 1.31 bits per heavy atom. The van der Waals surface area contributed by atoms with Crippen LogP contribution in [0.4, 0.5) is 13.2 Å². The van der Waals surface area contributed by atoms with E-state index in [1.165, 1.54) is 0 Å². The van der Waals surface area contributed by atoms with Crippen molar-refractivity contribution in [2.75, 3.05) is 26.2 Å². The highest BCUT2D eigenvalue weighted by Gasteiger charge is 2.30. The Morgan fingerprint density at radius 2 is 2.06 bits per heavy atom. The van der Waals surface area contributed by atoms with Gasteiger partial charge in [0.05, 0.1) is 6.42 Å². The number of likely N-dealkylation sites (tertiary alicyclic amines) is 1. The van der Waals surface area contributed by atoms with E-state index in [0.717, 1.165) is 38.9 Å². The molecule has 1 rings (SSSR count). The van der Waals surface area contributed by atoms with Crippen LogP contribution in [0, 0.1) is 0 Å². The second kappa shape index (κ2) is 6.45. The van der Waals surface area contributed by atoms with Gasteiger partial charge in [-0.1, -0.05) is 13.3 Å². The minimum atomic E-state index is -4.03. The summed E-state index contributed by atoms with van der Waals surface area (Å²) >= 11 is 0. The molecule has 96 valence electrons. The van der Waals surface area contributed by atoms with E-state index in [9.17, 15) is 13.2 Å². The lowest BCUT2D eigenvalue weighted by Crippen LogP contribution is -2.46. The molecule has 16 heavy (non-hydrogen) atoms. The fraction of sp³-hybridized carbons (Fsp3) is 1.00. The number of alkyl halides is 3. The van der Waals surface area contributed by atoms with Crippen molar-refractivity contribution in [3.8, 4) is 0 Å². The number of rotatable bonds is 5. The van der Waals surface area contributed by atoms with E-state index in [1.807, 2.05) is 11.8 Å². The van der Waals surface area contributed by atoms with Crippen molar-refractivity contribution < 1.29 is 13.2 Å². The maximum atomic E-state index is 12.1. The van der Waals surface area contributed by atoms with Crippen LogP contribution in [-0.4, -0.2) is 43.3 Å². The van der Waals surface area contributed by atoms with E-state index in [1.54, 1.807) is 0 Å². The van der Waals surface area contributed by atoms with Crippen LogP contribution in [0.15, 0.2) is 0 Å². The molecule has 0 saturated carbocycles. The van der Waals surface area contributed by atoms with Gasteiger partial charge < -0.3 is 5.32 Å². The second-order valence-electron chi connectivity index (χ2n) is 4.36. The fourth-order valence-corrected chi connectivity index (χ4v) is 2.17. The first-order chi connectivity index (χ1) is 7.53. The Balaban J connectivity index is 2.34. The molecule has 1 heterocycles. The predicted molar refractivity (Wildman–Crippen MR) is 58.4 cm³/mol. The van der Waals surface area contributed by atoms with Gasteiger partial charge in [0, 0.05) is 19.1 Å². The molecule has 1 fully saturated rings. The van der Waals surface area contributed by atoms with Crippen LogP contribution in [0.1, 0.15) is 32.6 Å². The summed E-state index contributed by atoms with van der Waals surface area (Å²) in [5.41, 5.74) is 0. The molecule has 0 aromatic carbocycles. The smallest absolute Gasteiger partial charge is 0.315 e. The van der Waals surface area contributed by atoms with Gasteiger partial charge in [0.2, 0.25) is 0 Å². The lowest BCUT2D eigenvalue weighted by atomic mass is 10.0. The van der Waals surface area contributed by atoms with Gasteiger partial charge in [-0.05, 0) is 25.9 Å². The summed E-state index contributed by atoms with van der Waals surface area (Å²) in [6.45, 7) is 4.67. The molecule has 0 radical (unpaired) electrons. The number of halogens is 3. The molecular weight excluding hydrogens is 217 g/mol. The van der Waals surface area contributed by atoms with Crippen LogP contribution in [0.3, 0.4) is 0 Å². The van der Waals surface area contributed by atoms with E-state index >= 15 is 0 Å². The molecule has 1 aliphatic heterocycles. The average molecular weight is 238 g/mol. The number of piperidine rings is 1. The third-order valence-corrected chi connectivity index (χ3v) is 3.06. The van der Waals surface area contributed by atoms with Gasteiger partial charge >= 0.3 is 6.18 Å². The highest BCUT2D eigenvalue weighted by atomic mass is 19.4. The highest BCUT2D eigenvalue weighted by Crippen LogP contribution is 2.23. The van der Waals surface area contributed by atoms with Crippen molar-refractivity contribution in [3.63, 3.8) is 0 Å². The minimum absolute atomic E-state index is 0.152. The van der Waals surface area contributed by atoms with Crippen molar-refractivity contribution in [2.24, 2.45) is 0 Å². The van der Waals surface area contributed by atoms with Gasteiger partial charge in [-0.25, -0.2) is 0 Å². The van der Waals surface area contributed by atoms with Gasteiger partial charge in [0.1, 0.15) is 0 Å². The number of nitrogens with zero attached hydrogens (tertiary/aromatic N) is 1. The summed E-state index contributed by atoms with van der Waals surface area (Å²) in [5.74, 6) is 0. The molecule has 1 saturated heterocycles. The summed E-state index contributed by atoms with van der Waals surface area (Å²) in [5, 5.41) is 3.22. The molecule has 0 bridgehead atoms. The van der Waals surface area contributed by atoms with Crippen molar-refractivity contribution in [1.29, 1.82) is 0 Å². The molecule has 2 nitrogen and oxygen atoms in total. The zero-order chi connectivity index (χ0) is 12.0. The number of nitrogens with one attached hydrogen (secondary N) is 1. The largest absolute Gasteiger partial charge is 0.390 e. The van der Waals surface area contributed by atoms with Gasteiger partial charge in [0.25, 0.3) is 0 Å². The molecule has 0 aliphatic carbocycles. The minimum Gasteiger partial charge on any atom is -0.315 e. The zero-order valence-electron chi connectivity index (χ0n) is 9.82. The fourth-order valence-electron chi connectivity index (χ4n) is 2.17. The summed E-state index contributed by atoms with van der Waals surface area (Å²) in [7, 11) is 0. The topological polar surface area (TPSA) is 15.3 Å². The summed E-state index contributed by atoms with van der Waals surface area (Å²) in [4.78, 5) is 1.99. The lowest BCUT2D eigenvalue weighted by Gasteiger charge is -2.36. The van der Waals surface area contributed by atoms with Crippen LogP contribution in [0.5, 0.6) is 0 Å². The van der Waals surface area contributed by atoms with Crippen LogP contribution in [-0.2, 0) is 0 Å². The monoisotopic (exact) mass is 238 g/mol. The molecule has 0 aromatic heterocycles. The average Bonchev–Trinajstić information content (AvgIpc) is 2.23. The predicted octanol–water partition coefficient (Wildman–Crippen LogP) is 2.40. The molecular formula is C11H21F3N2. The van der Waals surface area contributed by atoms with E-state index in [4.69, 9.17) is 0 Å². The summed E-state index contributed by atoms with van der Waals surface area (Å²) < 4.78 is 36.4. The molecule has 1 N–H and O–H groups in total. The number of hydrogen-bond donors (Lipinski definition) is 1. The van der Waals surface area contributed by atoms with Gasteiger partial charge in [-0.3, -0.25) is 4.90 Å². The third kappa shape index (κ3) is 5.16. The van der Waals surface area contributed by atoms with Gasteiger partial charge in [-0.2, -0.15) is 13.2 Å². The second-order valence-corrected chi connectivity index (χ2v) is 4.36. The third-order valence-electron chi connectivity index (χ3n) is 3.06. The Morgan fingerprint density at radius 3 is 2.69 bits per heavy atom. The normalized spacial score (nSPS) is 23.6. The van der Waals surface area contributed by atoms with Crippen molar-refractivity contribution in [1.82, 2.24) is 10.2 Å². The van der Waals surface area contributed by atoms with E-state index in [2.05, 4.69) is 5.32 Å². The van der Waals surface area contributed by atoms with Gasteiger partial charge in [0.15, 0.2) is 0 Å². The lowest BCUT2D eigenvalue weighted by molar-refractivity contribution is -0.139. The number of likely N-dealkylation sites (N-methyl/N-ethyl adjacent to an activating group) is 1. The van der Waals surface area contributed by atoms with Crippen molar-refractivity contribution in [2.45, 2.75) is 44.8 Å². The molecule has 0 aromatic rings. The maximum absolute atomic E-state index is 12.1. The Bertz CT molecular complexity index is 194. The Hall–Kier alpha value is -0.290.